The smallest absolute Gasteiger partial charge is 0.174 e. The van der Waals surface area contributed by atoms with E-state index in [1.165, 1.54) is 11.3 Å². The van der Waals surface area contributed by atoms with Crippen molar-refractivity contribution in [3.63, 3.8) is 0 Å². The highest BCUT2D eigenvalue weighted by atomic mass is 32.2. The zero-order valence-corrected chi connectivity index (χ0v) is 7.86. The van der Waals surface area contributed by atoms with Crippen molar-refractivity contribution in [2.75, 3.05) is 5.75 Å². The number of aliphatic hydroxyl groups is 1. The van der Waals surface area contributed by atoms with Gasteiger partial charge in [-0.05, 0) is 6.42 Å². The van der Waals surface area contributed by atoms with Gasteiger partial charge in [0, 0.05) is 5.75 Å². The molecule has 3 nitrogen and oxygen atoms in total. The summed E-state index contributed by atoms with van der Waals surface area (Å²) in [4.78, 5) is 0. The minimum atomic E-state index is -0.219. The van der Waals surface area contributed by atoms with Crippen LogP contribution in [-0.2, 0) is 0 Å². The average molecular weight is 190 g/mol. The van der Waals surface area contributed by atoms with E-state index in [0.29, 0.717) is 5.75 Å². The first kappa shape index (κ1) is 8.96. The van der Waals surface area contributed by atoms with Crippen molar-refractivity contribution in [1.82, 2.24) is 10.2 Å². The van der Waals surface area contributed by atoms with Crippen molar-refractivity contribution in [3.05, 3.63) is 5.51 Å². The molecule has 11 heavy (non-hydrogen) atoms. The van der Waals surface area contributed by atoms with E-state index in [9.17, 15) is 5.11 Å². The van der Waals surface area contributed by atoms with Crippen molar-refractivity contribution >= 4 is 23.1 Å². The Morgan fingerprint density at radius 2 is 2.64 bits per heavy atom. The molecule has 0 spiro atoms. The molecule has 0 saturated heterocycles. The average Bonchev–Trinajstić information content (AvgIpc) is 2.52. The van der Waals surface area contributed by atoms with Crippen LogP contribution in [0.15, 0.2) is 9.85 Å². The van der Waals surface area contributed by atoms with Crippen LogP contribution in [-0.4, -0.2) is 27.2 Å². The highest BCUT2D eigenvalue weighted by Gasteiger charge is 2.03. The Labute approximate surface area is 73.9 Å². The van der Waals surface area contributed by atoms with Gasteiger partial charge < -0.3 is 5.11 Å². The van der Waals surface area contributed by atoms with Crippen LogP contribution in [0.1, 0.15) is 13.3 Å². The monoisotopic (exact) mass is 190 g/mol. The lowest BCUT2D eigenvalue weighted by Crippen LogP contribution is -2.06. The van der Waals surface area contributed by atoms with E-state index in [2.05, 4.69) is 10.2 Å². The minimum absolute atomic E-state index is 0.219. The molecule has 0 fully saturated rings. The first-order valence-electron chi connectivity index (χ1n) is 3.40. The molecule has 1 heterocycles. The molecule has 1 N–H and O–H groups in total. The second-order valence-electron chi connectivity index (χ2n) is 2.08. The summed E-state index contributed by atoms with van der Waals surface area (Å²) < 4.78 is 0.928. The molecule has 1 atom stereocenters. The van der Waals surface area contributed by atoms with Crippen molar-refractivity contribution in [2.24, 2.45) is 0 Å². The van der Waals surface area contributed by atoms with Crippen LogP contribution in [0.25, 0.3) is 0 Å². The standard InChI is InChI=1S/C6H10N2OS2/c1-2-5(9)3-10-6-8-7-4-11-6/h4-5,9H,2-3H2,1H3. The van der Waals surface area contributed by atoms with Crippen LogP contribution in [0.5, 0.6) is 0 Å². The fourth-order valence-corrected chi connectivity index (χ4v) is 2.07. The van der Waals surface area contributed by atoms with E-state index in [1.807, 2.05) is 6.92 Å². The van der Waals surface area contributed by atoms with Gasteiger partial charge in [0.25, 0.3) is 0 Å². The summed E-state index contributed by atoms with van der Waals surface area (Å²) in [7, 11) is 0. The molecule has 1 rings (SSSR count). The van der Waals surface area contributed by atoms with Crippen molar-refractivity contribution in [1.29, 1.82) is 0 Å². The third-order valence-corrected chi connectivity index (χ3v) is 3.22. The van der Waals surface area contributed by atoms with Gasteiger partial charge in [-0.25, -0.2) is 0 Å². The predicted octanol–water partition coefficient (Wildman–Crippen LogP) is 1.40. The maximum Gasteiger partial charge on any atom is 0.174 e. The Balaban J connectivity index is 2.23. The van der Waals surface area contributed by atoms with Crippen LogP contribution in [0.2, 0.25) is 0 Å². The highest BCUT2D eigenvalue weighted by molar-refractivity contribution is 8.01. The Bertz CT molecular complexity index is 190. The summed E-state index contributed by atoms with van der Waals surface area (Å²) in [6.07, 6.45) is 0.579. The Hall–Kier alpha value is -0.130. The van der Waals surface area contributed by atoms with Crippen LogP contribution >= 0.6 is 23.1 Å². The van der Waals surface area contributed by atoms with Crippen LogP contribution in [0.4, 0.5) is 0 Å². The van der Waals surface area contributed by atoms with Gasteiger partial charge in [0.05, 0.1) is 6.10 Å². The maximum absolute atomic E-state index is 9.19. The Morgan fingerprint density at radius 1 is 1.82 bits per heavy atom. The first-order chi connectivity index (χ1) is 5.33. The number of nitrogens with zero attached hydrogens (tertiary/aromatic N) is 2. The maximum atomic E-state index is 9.19. The molecule has 5 heteroatoms. The minimum Gasteiger partial charge on any atom is -0.392 e. The summed E-state index contributed by atoms with van der Waals surface area (Å²) >= 11 is 3.06. The van der Waals surface area contributed by atoms with Gasteiger partial charge in [-0.1, -0.05) is 30.0 Å². The SMILES string of the molecule is CCC(O)CSc1nncs1. The van der Waals surface area contributed by atoms with E-state index < -0.39 is 0 Å². The summed E-state index contributed by atoms with van der Waals surface area (Å²) in [5.74, 6) is 0.714. The zero-order chi connectivity index (χ0) is 8.10. The Morgan fingerprint density at radius 3 is 3.18 bits per heavy atom. The number of aliphatic hydroxyl groups excluding tert-OH is 1. The molecular weight excluding hydrogens is 180 g/mol. The summed E-state index contributed by atoms with van der Waals surface area (Å²) in [5.41, 5.74) is 1.70. The van der Waals surface area contributed by atoms with Gasteiger partial charge >= 0.3 is 0 Å². The summed E-state index contributed by atoms with van der Waals surface area (Å²) in [5, 5.41) is 16.7. The fraction of sp³-hybridized carbons (Fsp3) is 0.667. The molecule has 1 aromatic rings. The van der Waals surface area contributed by atoms with E-state index in [-0.39, 0.29) is 6.10 Å². The molecule has 1 unspecified atom stereocenters. The molecule has 62 valence electrons. The lowest BCUT2D eigenvalue weighted by molar-refractivity contribution is 0.195. The van der Waals surface area contributed by atoms with Gasteiger partial charge in [0.2, 0.25) is 0 Å². The van der Waals surface area contributed by atoms with E-state index >= 15 is 0 Å². The zero-order valence-electron chi connectivity index (χ0n) is 6.23. The van der Waals surface area contributed by atoms with Gasteiger partial charge in [0.15, 0.2) is 4.34 Å². The van der Waals surface area contributed by atoms with Crippen LogP contribution in [0, 0.1) is 0 Å². The van der Waals surface area contributed by atoms with E-state index in [1.54, 1.807) is 17.3 Å². The first-order valence-corrected chi connectivity index (χ1v) is 5.26. The third kappa shape index (κ3) is 3.18. The second-order valence-corrected chi connectivity index (χ2v) is 4.18. The lowest BCUT2D eigenvalue weighted by Gasteiger charge is -2.03. The number of aromatic nitrogens is 2. The highest BCUT2D eigenvalue weighted by Crippen LogP contribution is 2.19. The molecule has 0 amide bonds. The summed E-state index contributed by atoms with van der Waals surface area (Å²) in [6, 6.07) is 0. The van der Waals surface area contributed by atoms with Crippen LogP contribution < -0.4 is 0 Å². The van der Waals surface area contributed by atoms with Gasteiger partial charge in [-0.2, -0.15) is 0 Å². The topological polar surface area (TPSA) is 46.0 Å². The number of thioether (sulfide) groups is 1. The second kappa shape index (κ2) is 4.69. The molecular formula is C6H10N2OS2. The predicted molar refractivity (Wildman–Crippen MR) is 46.9 cm³/mol. The fourth-order valence-electron chi connectivity index (χ4n) is 0.511. The number of hydrogen-bond acceptors (Lipinski definition) is 5. The van der Waals surface area contributed by atoms with E-state index in [0.717, 1.165) is 10.8 Å². The number of hydrogen-bond donors (Lipinski definition) is 1. The molecule has 0 saturated carbocycles. The summed E-state index contributed by atoms with van der Waals surface area (Å²) in [6.45, 7) is 1.96. The van der Waals surface area contributed by atoms with Crippen molar-refractivity contribution in [3.8, 4) is 0 Å². The third-order valence-electron chi connectivity index (χ3n) is 1.21. The molecule has 0 aromatic carbocycles. The lowest BCUT2D eigenvalue weighted by atomic mass is 10.3. The molecule has 0 bridgehead atoms. The van der Waals surface area contributed by atoms with E-state index in [4.69, 9.17) is 0 Å². The molecule has 0 aliphatic rings. The molecule has 0 aliphatic heterocycles. The largest absolute Gasteiger partial charge is 0.392 e. The molecule has 0 aliphatic carbocycles. The number of rotatable bonds is 4. The van der Waals surface area contributed by atoms with Crippen molar-refractivity contribution in [2.45, 2.75) is 23.8 Å². The molecule has 1 aromatic heterocycles. The normalized spacial score (nSPS) is 13.3. The van der Waals surface area contributed by atoms with Gasteiger partial charge in [-0.15, -0.1) is 10.2 Å². The quantitative estimate of drug-likeness (QED) is 0.729. The van der Waals surface area contributed by atoms with Crippen LogP contribution in [0.3, 0.4) is 0 Å². The Kier molecular flexibility index (Phi) is 3.82. The van der Waals surface area contributed by atoms with Crippen molar-refractivity contribution < 1.29 is 5.11 Å². The van der Waals surface area contributed by atoms with Gasteiger partial charge in [0.1, 0.15) is 5.51 Å². The molecule has 0 radical (unpaired) electrons. The van der Waals surface area contributed by atoms with Gasteiger partial charge in [-0.3, -0.25) is 0 Å².